The fraction of sp³-hybridized carbons (Fsp3) is 0.148. The number of rotatable bonds is 7. The normalized spacial score (nSPS) is 14.5. The maximum absolute atomic E-state index is 13.8. The molecule has 0 aliphatic heterocycles. The van der Waals surface area contributed by atoms with Crippen molar-refractivity contribution in [2.75, 3.05) is 10.6 Å². The van der Waals surface area contributed by atoms with E-state index in [0.29, 0.717) is 44.7 Å². The fourth-order valence-electron chi connectivity index (χ4n) is 4.56. The molecule has 40 heavy (non-hydrogen) atoms. The average Bonchev–Trinajstić information content (AvgIpc) is 3.67. The Morgan fingerprint density at radius 3 is 2.48 bits per heavy atom. The smallest absolute Gasteiger partial charge is 0.231 e. The number of nitrogens with zero attached hydrogens (tertiary/aromatic N) is 6. The highest BCUT2D eigenvalue weighted by Gasteiger charge is 2.34. The molecule has 198 valence electrons. The lowest BCUT2D eigenvalue weighted by molar-refractivity contribution is 0.584. The molecule has 2 N–H and O–H groups in total. The Kier molecular flexibility index (Phi) is 6.52. The van der Waals surface area contributed by atoms with E-state index in [0.717, 1.165) is 18.4 Å². The molecule has 0 saturated heterocycles. The predicted molar refractivity (Wildman–Crippen MR) is 152 cm³/mol. The van der Waals surface area contributed by atoms with Crippen molar-refractivity contribution >= 4 is 59.0 Å². The maximum Gasteiger partial charge on any atom is 0.231 e. The lowest BCUT2D eigenvalue weighted by atomic mass is 9.69. The largest absolute Gasteiger partial charge is 0.378 e. The molecule has 3 heterocycles. The third-order valence-electron chi connectivity index (χ3n) is 6.87. The minimum absolute atomic E-state index is 0.170. The summed E-state index contributed by atoms with van der Waals surface area (Å²) in [7, 11) is 1.93. The van der Waals surface area contributed by atoms with Gasteiger partial charge >= 0.3 is 0 Å². The van der Waals surface area contributed by atoms with Gasteiger partial charge in [-0.15, -0.1) is 5.10 Å². The summed E-state index contributed by atoms with van der Waals surface area (Å²) in [6.45, 7) is 0. The summed E-state index contributed by atoms with van der Waals surface area (Å²) in [6, 6.07) is 13.5. The van der Waals surface area contributed by atoms with Crippen LogP contribution in [0.5, 0.6) is 0 Å². The van der Waals surface area contributed by atoms with Crippen molar-refractivity contribution in [1.29, 1.82) is 5.26 Å². The molecule has 1 atom stereocenters. The zero-order valence-electron chi connectivity index (χ0n) is 21.0. The highest BCUT2D eigenvalue weighted by atomic mass is 35.5. The second-order valence-corrected chi connectivity index (χ2v) is 10.5. The molecular formula is C27H19BCl2F2N8. The number of nitriles is 1. The summed E-state index contributed by atoms with van der Waals surface area (Å²) in [5.74, 6) is -1.16. The van der Waals surface area contributed by atoms with Crippen molar-refractivity contribution < 1.29 is 8.78 Å². The van der Waals surface area contributed by atoms with Gasteiger partial charge in [0.15, 0.2) is 0 Å². The first kappa shape index (κ1) is 26.0. The highest BCUT2D eigenvalue weighted by molar-refractivity contribution is 6.36. The Hall–Kier alpha value is -4.27. The van der Waals surface area contributed by atoms with Crippen LogP contribution in [0.1, 0.15) is 35.7 Å². The number of hydrogen-bond acceptors (Lipinski definition) is 7. The standard InChI is InChI=1S/C27H19BCl2F2N8/c28-27(15-1-3-16(31)4-2-15,23-13-40(39-38-23)19-5-6-19)37-17-7-20-24(36-18-9-22(30)26(32)35-12-18)14(10-33)11-34-25(20)21(29)8-17/h1-4,7-9,11-13,19,37H,5-6,28H2,(H,34,36). The minimum atomic E-state index is -0.930. The number of halogens is 4. The molecule has 8 nitrogen and oxygen atoms in total. The summed E-state index contributed by atoms with van der Waals surface area (Å²) in [6.07, 6.45) is 6.66. The number of nitrogens with one attached hydrogen (secondary N) is 2. The van der Waals surface area contributed by atoms with E-state index in [4.69, 9.17) is 23.2 Å². The molecule has 2 aromatic carbocycles. The molecule has 1 aliphatic carbocycles. The third-order valence-corrected chi connectivity index (χ3v) is 7.42. The monoisotopic (exact) mass is 574 g/mol. The molecule has 0 amide bonds. The molecular weight excluding hydrogens is 556 g/mol. The topological polar surface area (TPSA) is 104 Å². The third kappa shape index (κ3) is 4.81. The first-order chi connectivity index (χ1) is 19.2. The van der Waals surface area contributed by atoms with Crippen LogP contribution in [0.25, 0.3) is 10.9 Å². The van der Waals surface area contributed by atoms with Crippen LogP contribution in [-0.2, 0) is 5.44 Å². The molecule has 0 bridgehead atoms. The Labute approximate surface area is 238 Å². The van der Waals surface area contributed by atoms with Gasteiger partial charge in [-0.05, 0) is 48.7 Å². The number of benzene rings is 2. The molecule has 5 aromatic rings. The molecule has 1 saturated carbocycles. The van der Waals surface area contributed by atoms with E-state index < -0.39 is 11.4 Å². The Balaban J connectivity index is 1.47. The summed E-state index contributed by atoms with van der Waals surface area (Å²) in [4.78, 5) is 8.03. The summed E-state index contributed by atoms with van der Waals surface area (Å²) in [5.41, 5.74) is 2.48. The van der Waals surface area contributed by atoms with Gasteiger partial charge in [0.25, 0.3) is 0 Å². The lowest BCUT2D eigenvalue weighted by Crippen LogP contribution is -2.37. The van der Waals surface area contributed by atoms with Crippen LogP contribution in [0.4, 0.5) is 25.8 Å². The zero-order chi connectivity index (χ0) is 28.0. The molecule has 3 aromatic heterocycles. The molecule has 1 aliphatic rings. The Bertz CT molecular complexity index is 1800. The van der Waals surface area contributed by atoms with Crippen molar-refractivity contribution in [1.82, 2.24) is 25.0 Å². The van der Waals surface area contributed by atoms with Crippen molar-refractivity contribution in [2.24, 2.45) is 0 Å². The van der Waals surface area contributed by atoms with E-state index in [1.165, 1.54) is 30.6 Å². The fourth-order valence-corrected chi connectivity index (χ4v) is 5.00. The van der Waals surface area contributed by atoms with Crippen LogP contribution in [0.15, 0.2) is 61.1 Å². The summed E-state index contributed by atoms with van der Waals surface area (Å²) in [5, 5.41) is 25.9. The lowest BCUT2D eigenvalue weighted by Gasteiger charge is -2.31. The van der Waals surface area contributed by atoms with Crippen LogP contribution < -0.4 is 10.6 Å². The first-order valence-corrected chi connectivity index (χ1v) is 13.1. The molecule has 13 heteroatoms. The maximum atomic E-state index is 13.8. The molecule has 0 spiro atoms. The predicted octanol–water partition coefficient (Wildman–Crippen LogP) is 5.70. The van der Waals surface area contributed by atoms with Crippen LogP contribution in [0.2, 0.25) is 10.0 Å². The number of fused-ring (bicyclic) bond motifs is 1. The van der Waals surface area contributed by atoms with Gasteiger partial charge in [-0.25, -0.2) is 14.1 Å². The second kappa shape index (κ2) is 10.0. The summed E-state index contributed by atoms with van der Waals surface area (Å²) < 4.78 is 29.4. The Morgan fingerprint density at radius 2 is 1.77 bits per heavy atom. The van der Waals surface area contributed by atoms with Crippen LogP contribution in [-0.4, -0.2) is 32.8 Å². The first-order valence-electron chi connectivity index (χ1n) is 12.3. The van der Waals surface area contributed by atoms with Gasteiger partial charge in [0.2, 0.25) is 5.95 Å². The van der Waals surface area contributed by atoms with E-state index in [2.05, 4.69) is 37.0 Å². The van der Waals surface area contributed by atoms with Crippen LogP contribution >= 0.6 is 23.2 Å². The van der Waals surface area contributed by atoms with Gasteiger partial charge in [-0.3, -0.25) is 4.98 Å². The minimum Gasteiger partial charge on any atom is -0.378 e. The zero-order valence-corrected chi connectivity index (χ0v) is 22.5. The van der Waals surface area contributed by atoms with Gasteiger partial charge < -0.3 is 10.6 Å². The van der Waals surface area contributed by atoms with Crippen molar-refractivity contribution in [3.05, 3.63) is 99.7 Å². The SMILES string of the molecule is BC(Nc1cc(Cl)c2ncc(C#N)c(Nc3cnc(F)c(Cl)c3)c2c1)(c1ccc(F)cc1)c1cn(C2CC2)nn1. The highest BCUT2D eigenvalue weighted by Crippen LogP contribution is 2.39. The number of hydrogen-bond donors (Lipinski definition) is 2. The van der Waals surface area contributed by atoms with E-state index in [1.54, 1.807) is 24.3 Å². The van der Waals surface area contributed by atoms with Gasteiger partial charge in [-0.1, -0.05) is 40.5 Å². The number of anilines is 3. The average molecular weight is 575 g/mol. The van der Waals surface area contributed by atoms with Gasteiger partial charge in [0, 0.05) is 17.3 Å². The van der Waals surface area contributed by atoms with Crippen molar-refractivity contribution in [3.8, 4) is 6.07 Å². The number of aromatic nitrogens is 5. The molecule has 6 rings (SSSR count). The second-order valence-electron chi connectivity index (χ2n) is 9.71. The molecule has 0 radical (unpaired) electrons. The summed E-state index contributed by atoms with van der Waals surface area (Å²) >= 11 is 12.6. The molecule has 1 unspecified atom stereocenters. The van der Waals surface area contributed by atoms with Gasteiger partial charge in [-0.2, -0.15) is 9.65 Å². The van der Waals surface area contributed by atoms with Crippen molar-refractivity contribution in [2.45, 2.75) is 24.3 Å². The van der Waals surface area contributed by atoms with E-state index >= 15 is 0 Å². The van der Waals surface area contributed by atoms with E-state index in [1.807, 2.05) is 18.7 Å². The van der Waals surface area contributed by atoms with E-state index in [9.17, 15) is 14.0 Å². The van der Waals surface area contributed by atoms with Gasteiger partial charge in [0.05, 0.1) is 56.4 Å². The van der Waals surface area contributed by atoms with Gasteiger partial charge in [0.1, 0.15) is 25.4 Å². The van der Waals surface area contributed by atoms with E-state index in [-0.39, 0.29) is 16.4 Å². The number of pyridine rings is 2. The van der Waals surface area contributed by atoms with Crippen LogP contribution in [0, 0.1) is 23.1 Å². The quantitative estimate of drug-likeness (QED) is 0.190. The van der Waals surface area contributed by atoms with Crippen LogP contribution in [0.3, 0.4) is 0 Å². The Morgan fingerprint density at radius 1 is 1.02 bits per heavy atom. The van der Waals surface area contributed by atoms with Crippen molar-refractivity contribution in [3.63, 3.8) is 0 Å². The molecule has 1 fully saturated rings.